The van der Waals surface area contributed by atoms with E-state index in [1.54, 1.807) is 29.0 Å². The standard InChI is InChI=1S/C24H20N4O5/c1-13-7-17-21(24(29)28(13)11-15-5-3-4-6-27-15)20(16(10-25)23(26)33-17)14-8-18(30-2)22-19(9-14)31-12-32-22/h3-9,20H,11-12,26H2,1-2H3. The van der Waals surface area contributed by atoms with Gasteiger partial charge in [-0.1, -0.05) is 6.07 Å². The first-order valence-electron chi connectivity index (χ1n) is 10.2. The molecule has 2 N–H and O–H groups in total. The van der Waals surface area contributed by atoms with Gasteiger partial charge in [-0.3, -0.25) is 9.78 Å². The number of hydrogen-bond acceptors (Lipinski definition) is 8. The van der Waals surface area contributed by atoms with Gasteiger partial charge in [0.1, 0.15) is 17.4 Å². The maximum atomic E-state index is 13.8. The van der Waals surface area contributed by atoms with Gasteiger partial charge in [-0.05, 0) is 36.8 Å². The summed E-state index contributed by atoms with van der Waals surface area (Å²) in [7, 11) is 1.51. The molecule has 0 bridgehead atoms. The molecule has 0 saturated heterocycles. The topological polar surface area (TPSA) is 122 Å². The molecule has 166 valence electrons. The molecule has 33 heavy (non-hydrogen) atoms. The van der Waals surface area contributed by atoms with Crippen molar-refractivity contribution in [2.24, 2.45) is 5.73 Å². The Morgan fingerprint density at radius 2 is 2.12 bits per heavy atom. The summed E-state index contributed by atoms with van der Waals surface area (Å²) in [6, 6.07) is 12.8. The number of fused-ring (bicyclic) bond motifs is 2. The van der Waals surface area contributed by atoms with Crippen molar-refractivity contribution in [1.29, 1.82) is 5.26 Å². The number of hydrogen-bond donors (Lipinski definition) is 1. The second-order valence-corrected chi connectivity index (χ2v) is 7.66. The number of ether oxygens (including phenoxy) is 4. The van der Waals surface area contributed by atoms with Crippen LogP contribution in [0, 0.1) is 18.3 Å². The van der Waals surface area contributed by atoms with E-state index >= 15 is 0 Å². The highest BCUT2D eigenvalue weighted by molar-refractivity contribution is 5.61. The maximum absolute atomic E-state index is 13.8. The van der Waals surface area contributed by atoms with Crippen molar-refractivity contribution in [3.8, 4) is 29.1 Å². The lowest BCUT2D eigenvalue weighted by molar-refractivity contribution is 0.171. The predicted octanol–water partition coefficient (Wildman–Crippen LogP) is 2.56. The van der Waals surface area contributed by atoms with Gasteiger partial charge in [0.25, 0.3) is 5.56 Å². The minimum absolute atomic E-state index is 0.0482. The fraction of sp³-hybridized carbons (Fsp3) is 0.208. The number of methoxy groups -OCH3 is 1. The molecule has 0 fully saturated rings. The van der Waals surface area contributed by atoms with Crippen LogP contribution in [-0.2, 0) is 6.54 Å². The molecule has 2 aliphatic heterocycles. The number of rotatable bonds is 4. The van der Waals surface area contributed by atoms with Crippen LogP contribution in [-0.4, -0.2) is 23.5 Å². The molecule has 0 amide bonds. The summed E-state index contributed by atoms with van der Waals surface area (Å²) >= 11 is 0. The van der Waals surface area contributed by atoms with Crippen LogP contribution in [0.15, 0.2) is 58.8 Å². The second-order valence-electron chi connectivity index (χ2n) is 7.66. The zero-order valence-corrected chi connectivity index (χ0v) is 18.0. The first kappa shape index (κ1) is 20.5. The van der Waals surface area contributed by atoms with Crippen LogP contribution in [0.3, 0.4) is 0 Å². The van der Waals surface area contributed by atoms with Gasteiger partial charge in [-0.25, -0.2) is 0 Å². The second kappa shape index (κ2) is 7.91. The van der Waals surface area contributed by atoms with Crippen LogP contribution >= 0.6 is 0 Å². The zero-order valence-electron chi connectivity index (χ0n) is 18.0. The molecule has 9 nitrogen and oxygen atoms in total. The zero-order chi connectivity index (χ0) is 23.1. The van der Waals surface area contributed by atoms with E-state index in [0.717, 1.165) is 5.69 Å². The van der Waals surface area contributed by atoms with Crippen LogP contribution < -0.4 is 30.2 Å². The molecule has 1 atom stereocenters. The number of pyridine rings is 2. The molecule has 1 aromatic carbocycles. The van der Waals surface area contributed by atoms with Crippen molar-refractivity contribution in [1.82, 2.24) is 9.55 Å². The van der Waals surface area contributed by atoms with Gasteiger partial charge in [-0.2, -0.15) is 5.26 Å². The van der Waals surface area contributed by atoms with E-state index in [2.05, 4.69) is 11.1 Å². The molecule has 0 aliphatic carbocycles. The molecule has 3 aromatic rings. The molecule has 0 spiro atoms. The summed E-state index contributed by atoms with van der Waals surface area (Å²) in [6.07, 6.45) is 1.68. The lowest BCUT2D eigenvalue weighted by Crippen LogP contribution is -2.33. The summed E-state index contributed by atoms with van der Waals surface area (Å²) in [6.45, 7) is 2.14. The van der Waals surface area contributed by atoms with Crippen molar-refractivity contribution in [3.05, 3.63) is 86.9 Å². The number of aromatic nitrogens is 2. The monoisotopic (exact) mass is 444 g/mol. The van der Waals surface area contributed by atoms with Gasteiger partial charge in [0, 0.05) is 18.0 Å². The van der Waals surface area contributed by atoms with E-state index in [0.29, 0.717) is 39.8 Å². The van der Waals surface area contributed by atoms with Gasteiger partial charge in [0.05, 0.1) is 30.8 Å². The Hall–Kier alpha value is -4.45. The predicted molar refractivity (Wildman–Crippen MR) is 117 cm³/mol. The van der Waals surface area contributed by atoms with Crippen molar-refractivity contribution in [2.75, 3.05) is 13.9 Å². The molecule has 1 unspecified atom stereocenters. The van der Waals surface area contributed by atoms with Crippen molar-refractivity contribution in [3.63, 3.8) is 0 Å². The molecule has 5 rings (SSSR count). The molecule has 4 heterocycles. The molecular weight excluding hydrogens is 424 g/mol. The van der Waals surface area contributed by atoms with Gasteiger partial charge < -0.3 is 29.2 Å². The minimum atomic E-state index is -0.773. The number of benzene rings is 1. The number of nitrogens with zero attached hydrogens (tertiary/aromatic N) is 3. The smallest absolute Gasteiger partial charge is 0.259 e. The number of aryl methyl sites for hydroxylation is 1. The van der Waals surface area contributed by atoms with E-state index in [9.17, 15) is 10.1 Å². The van der Waals surface area contributed by atoms with E-state index < -0.39 is 5.92 Å². The largest absolute Gasteiger partial charge is 0.493 e. The Kier molecular flexibility index (Phi) is 4.90. The molecular formula is C24H20N4O5. The number of nitrogens with two attached hydrogens (primary N) is 1. The molecule has 2 aromatic heterocycles. The number of nitriles is 1. The first-order valence-corrected chi connectivity index (χ1v) is 10.2. The first-order chi connectivity index (χ1) is 16.0. The quantitative estimate of drug-likeness (QED) is 0.652. The van der Waals surface area contributed by atoms with Crippen molar-refractivity contribution < 1.29 is 18.9 Å². The van der Waals surface area contributed by atoms with E-state index in [-0.39, 0.29) is 30.4 Å². The Balaban J connectivity index is 1.73. The summed E-state index contributed by atoms with van der Waals surface area (Å²) in [5, 5.41) is 9.91. The normalized spacial score (nSPS) is 16.1. The van der Waals surface area contributed by atoms with Crippen molar-refractivity contribution in [2.45, 2.75) is 19.4 Å². The van der Waals surface area contributed by atoms with Gasteiger partial charge >= 0.3 is 0 Å². The van der Waals surface area contributed by atoms with E-state index in [4.69, 9.17) is 24.7 Å². The fourth-order valence-corrected chi connectivity index (χ4v) is 4.19. The Morgan fingerprint density at radius 3 is 2.85 bits per heavy atom. The van der Waals surface area contributed by atoms with Crippen LogP contribution in [0.2, 0.25) is 0 Å². The van der Waals surface area contributed by atoms with E-state index in [1.807, 2.05) is 25.1 Å². The summed E-state index contributed by atoms with van der Waals surface area (Å²) in [5.41, 5.74) is 8.27. The average Bonchev–Trinajstić information content (AvgIpc) is 3.30. The molecule has 2 aliphatic rings. The van der Waals surface area contributed by atoms with Crippen LogP contribution in [0.1, 0.15) is 28.4 Å². The van der Waals surface area contributed by atoms with Crippen LogP contribution in [0.5, 0.6) is 23.0 Å². The highest BCUT2D eigenvalue weighted by atomic mass is 16.7. The lowest BCUT2D eigenvalue weighted by atomic mass is 9.83. The Bertz CT molecular complexity index is 1390. The average molecular weight is 444 g/mol. The van der Waals surface area contributed by atoms with E-state index in [1.165, 1.54) is 7.11 Å². The van der Waals surface area contributed by atoms with Gasteiger partial charge in [0.2, 0.25) is 18.4 Å². The van der Waals surface area contributed by atoms with Gasteiger partial charge in [0.15, 0.2) is 11.5 Å². The third kappa shape index (κ3) is 3.32. The molecule has 9 heteroatoms. The molecule has 0 saturated carbocycles. The summed E-state index contributed by atoms with van der Waals surface area (Å²) in [5.74, 6) is 0.866. The highest BCUT2D eigenvalue weighted by Gasteiger charge is 2.36. The highest BCUT2D eigenvalue weighted by Crippen LogP contribution is 2.47. The van der Waals surface area contributed by atoms with Crippen LogP contribution in [0.4, 0.5) is 0 Å². The van der Waals surface area contributed by atoms with Crippen molar-refractivity contribution >= 4 is 0 Å². The maximum Gasteiger partial charge on any atom is 0.259 e. The summed E-state index contributed by atoms with van der Waals surface area (Å²) < 4.78 is 23.8. The Labute approximate surface area is 189 Å². The fourth-order valence-electron chi connectivity index (χ4n) is 4.19. The molecule has 0 radical (unpaired) electrons. The summed E-state index contributed by atoms with van der Waals surface area (Å²) in [4.78, 5) is 18.1. The third-order valence-corrected chi connectivity index (χ3v) is 5.75. The third-order valence-electron chi connectivity index (χ3n) is 5.75. The SMILES string of the molecule is COc1cc(C2C(C#N)=C(N)Oc3cc(C)n(Cc4ccccn4)c(=O)c32)cc2c1OCO2. The van der Waals surface area contributed by atoms with Gasteiger partial charge in [-0.15, -0.1) is 0 Å². The number of allylic oxidation sites excluding steroid dienone is 1. The Morgan fingerprint density at radius 1 is 1.27 bits per heavy atom. The lowest BCUT2D eigenvalue weighted by Gasteiger charge is -2.27. The minimum Gasteiger partial charge on any atom is -0.493 e. The van der Waals surface area contributed by atoms with Crippen LogP contribution in [0.25, 0.3) is 0 Å².